The van der Waals surface area contributed by atoms with Crippen molar-refractivity contribution in [2.75, 3.05) is 19.0 Å². The van der Waals surface area contributed by atoms with Gasteiger partial charge in [-0.15, -0.1) is 0 Å². The Kier molecular flexibility index (Phi) is 4.32. The number of methoxy groups -OCH3 is 1. The molecule has 5 rings (SSSR count). The highest BCUT2D eigenvalue weighted by atomic mass is 16.5. The predicted octanol–water partition coefficient (Wildman–Crippen LogP) is 2.61. The van der Waals surface area contributed by atoms with Gasteiger partial charge in [0.15, 0.2) is 0 Å². The van der Waals surface area contributed by atoms with Crippen LogP contribution in [0, 0.1) is 6.92 Å². The summed E-state index contributed by atoms with van der Waals surface area (Å²) in [5.41, 5.74) is 2.83. The fourth-order valence-corrected chi connectivity index (χ4v) is 4.98. The molecular weight excluding hydrogens is 394 g/mol. The summed E-state index contributed by atoms with van der Waals surface area (Å²) < 4.78 is 7.11. The minimum absolute atomic E-state index is 0.0873. The first-order chi connectivity index (χ1) is 15.0. The van der Waals surface area contributed by atoms with Gasteiger partial charge in [-0.3, -0.25) is 19.3 Å². The van der Waals surface area contributed by atoms with Crippen molar-refractivity contribution in [3.63, 3.8) is 0 Å². The van der Waals surface area contributed by atoms with E-state index in [4.69, 9.17) is 4.74 Å². The second-order valence-corrected chi connectivity index (χ2v) is 8.10. The molecule has 4 heterocycles. The van der Waals surface area contributed by atoms with Crippen LogP contribution in [0.15, 0.2) is 48.9 Å². The summed E-state index contributed by atoms with van der Waals surface area (Å²) in [5.74, 6) is 0.138. The molecule has 0 radical (unpaired) electrons. The van der Waals surface area contributed by atoms with Crippen LogP contribution in [0.25, 0.3) is 0 Å². The smallest absolute Gasteiger partial charge is 0.258 e. The van der Waals surface area contributed by atoms with Crippen molar-refractivity contribution in [1.82, 2.24) is 19.7 Å². The van der Waals surface area contributed by atoms with Crippen molar-refractivity contribution in [1.29, 1.82) is 0 Å². The summed E-state index contributed by atoms with van der Waals surface area (Å²) in [5, 5.41) is 7.35. The molecule has 8 nitrogen and oxygen atoms in total. The molecule has 0 unspecified atom stereocenters. The standard InChI is InChI=1S/C23H23N5O3/c1-14-10-16(19(31-3)12-24-14)21(29)28-9-8-23(20(28)15-11-25-27(2)13-15)17-6-4-5-7-18(17)26-22(23)30/h4-7,10-13,20H,8-9H2,1-3H3,(H,26,30)/t20-,23+/m0/s1. The van der Waals surface area contributed by atoms with Gasteiger partial charge in [0.25, 0.3) is 5.91 Å². The fraction of sp³-hybridized carbons (Fsp3) is 0.304. The van der Waals surface area contributed by atoms with E-state index < -0.39 is 11.5 Å². The number of hydrogen-bond acceptors (Lipinski definition) is 5. The maximum Gasteiger partial charge on any atom is 0.258 e. The molecule has 31 heavy (non-hydrogen) atoms. The monoisotopic (exact) mass is 417 g/mol. The van der Waals surface area contributed by atoms with Crippen molar-refractivity contribution in [2.45, 2.75) is 24.8 Å². The van der Waals surface area contributed by atoms with Gasteiger partial charge in [-0.2, -0.15) is 5.10 Å². The molecule has 2 amide bonds. The first kappa shape index (κ1) is 19.3. The Morgan fingerprint density at radius 2 is 2.10 bits per heavy atom. The molecule has 1 aromatic carbocycles. The Labute approximate surface area is 179 Å². The van der Waals surface area contributed by atoms with Crippen LogP contribution in [0.1, 0.15) is 39.6 Å². The number of aromatic nitrogens is 3. The third-order valence-corrected chi connectivity index (χ3v) is 6.34. The summed E-state index contributed by atoms with van der Waals surface area (Å²) in [6, 6.07) is 8.95. The SMILES string of the molecule is COc1cnc(C)cc1C(=O)N1CC[C@]2(C(=O)Nc3ccccc32)[C@@H]1c1cnn(C)c1. The minimum Gasteiger partial charge on any atom is -0.494 e. The van der Waals surface area contributed by atoms with E-state index in [1.807, 2.05) is 44.4 Å². The van der Waals surface area contributed by atoms with Crippen LogP contribution in [0.4, 0.5) is 5.69 Å². The molecule has 1 fully saturated rings. The van der Waals surface area contributed by atoms with Gasteiger partial charge in [-0.1, -0.05) is 18.2 Å². The molecule has 1 saturated heterocycles. The van der Waals surface area contributed by atoms with Crippen LogP contribution in [0.3, 0.4) is 0 Å². The van der Waals surface area contributed by atoms with Crippen LogP contribution < -0.4 is 10.1 Å². The van der Waals surface area contributed by atoms with E-state index >= 15 is 0 Å². The van der Waals surface area contributed by atoms with Gasteiger partial charge >= 0.3 is 0 Å². The summed E-state index contributed by atoms with van der Waals surface area (Å²) in [6.45, 7) is 2.27. The molecule has 1 spiro atoms. The number of rotatable bonds is 3. The second kappa shape index (κ2) is 6.94. The summed E-state index contributed by atoms with van der Waals surface area (Å²) in [4.78, 5) is 33.2. The van der Waals surface area contributed by atoms with Gasteiger partial charge in [0.2, 0.25) is 5.91 Å². The molecule has 0 aliphatic carbocycles. The number of ether oxygens (including phenoxy) is 1. The minimum atomic E-state index is -0.870. The molecular formula is C23H23N5O3. The Morgan fingerprint density at radius 1 is 1.29 bits per heavy atom. The number of likely N-dealkylation sites (tertiary alicyclic amines) is 1. The fourth-order valence-electron chi connectivity index (χ4n) is 4.98. The lowest BCUT2D eigenvalue weighted by Crippen LogP contribution is -2.42. The summed E-state index contributed by atoms with van der Waals surface area (Å²) in [6.07, 6.45) is 5.70. The van der Waals surface area contributed by atoms with Gasteiger partial charge < -0.3 is 15.0 Å². The first-order valence-electron chi connectivity index (χ1n) is 10.2. The number of hydrogen-bond donors (Lipinski definition) is 1. The topological polar surface area (TPSA) is 89.3 Å². The quantitative estimate of drug-likeness (QED) is 0.708. The van der Waals surface area contributed by atoms with E-state index in [-0.39, 0.29) is 11.8 Å². The molecule has 2 aliphatic heterocycles. The Bertz CT molecular complexity index is 1200. The first-order valence-corrected chi connectivity index (χ1v) is 10.2. The number of fused-ring (bicyclic) bond motifs is 2. The lowest BCUT2D eigenvalue weighted by atomic mass is 9.73. The predicted molar refractivity (Wildman–Crippen MR) is 114 cm³/mol. The third-order valence-electron chi connectivity index (χ3n) is 6.34. The zero-order valence-corrected chi connectivity index (χ0v) is 17.6. The highest BCUT2D eigenvalue weighted by Gasteiger charge is 2.59. The maximum atomic E-state index is 13.8. The van der Waals surface area contributed by atoms with E-state index in [0.717, 1.165) is 22.5 Å². The third kappa shape index (κ3) is 2.74. The van der Waals surface area contributed by atoms with Crippen LogP contribution in [-0.2, 0) is 17.3 Å². The second-order valence-electron chi connectivity index (χ2n) is 8.10. The molecule has 0 saturated carbocycles. The largest absolute Gasteiger partial charge is 0.494 e. The molecule has 0 bridgehead atoms. The van der Waals surface area contributed by atoms with Gasteiger partial charge in [0.1, 0.15) is 11.2 Å². The van der Waals surface area contributed by atoms with Gasteiger partial charge in [-0.05, 0) is 31.0 Å². The molecule has 3 aromatic rings. The van der Waals surface area contributed by atoms with Crippen molar-refractivity contribution in [2.24, 2.45) is 7.05 Å². The summed E-state index contributed by atoms with van der Waals surface area (Å²) >= 11 is 0. The number of amides is 2. The van der Waals surface area contributed by atoms with E-state index in [0.29, 0.717) is 24.3 Å². The molecule has 2 aliphatic rings. The van der Waals surface area contributed by atoms with Crippen molar-refractivity contribution in [3.05, 3.63) is 71.3 Å². The van der Waals surface area contributed by atoms with Gasteiger partial charge in [0.05, 0.1) is 31.1 Å². The number of aryl methyl sites for hydroxylation is 2. The Balaban J connectivity index is 1.67. The van der Waals surface area contributed by atoms with E-state index in [2.05, 4.69) is 15.4 Å². The average Bonchev–Trinajstić information content (AvgIpc) is 3.44. The van der Waals surface area contributed by atoms with E-state index in [9.17, 15) is 9.59 Å². The van der Waals surface area contributed by atoms with E-state index in [1.165, 1.54) is 7.11 Å². The number of carbonyl (C=O) groups is 2. The van der Waals surface area contributed by atoms with Crippen LogP contribution in [0.5, 0.6) is 5.75 Å². The van der Waals surface area contributed by atoms with Crippen molar-refractivity contribution >= 4 is 17.5 Å². The number of pyridine rings is 1. The molecule has 158 valence electrons. The molecule has 1 N–H and O–H groups in total. The van der Waals surface area contributed by atoms with Crippen LogP contribution in [0.2, 0.25) is 0 Å². The molecule has 2 aromatic heterocycles. The number of nitrogens with one attached hydrogen (secondary N) is 1. The lowest BCUT2D eigenvalue weighted by molar-refractivity contribution is -0.121. The van der Waals surface area contributed by atoms with Gasteiger partial charge in [0, 0.05) is 36.7 Å². The van der Waals surface area contributed by atoms with Crippen LogP contribution in [-0.4, -0.2) is 45.1 Å². The number of carbonyl (C=O) groups excluding carboxylic acids is 2. The number of nitrogens with zero attached hydrogens (tertiary/aromatic N) is 4. The maximum absolute atomic E-state index is 13.8. The van der Waals surface area contributed by atoms with Crippen molar-refractivity contribution in [3.8, 4) is 5.75 Å². The lowest BCUT2D eigenvalue weighted by Gasteiger charge is -2.33. The van der Waals surface area contributed by atoms with E-state index in [1.54, 1.807) is 28.0 Å². The average molecular weight is 417 g/mol. The molecule has 8 heteroatoms. The molecule has 2 atom stereocenters. The zero-order valence-electron chi connectivity index (χ0n) is 17.6. The number of benzene rings is 1. The zero-order chi connectivity index (χ0) is 21.8. The number of anilines is 1. The van der Waals surface area contributed by atoms with Gasteiger partial charge in [-0.25, -0.2) is 0 Å². The number of para-hydroxylation sites is 1. The normalized spacial score (nSPS) is 22.0. The highest BCUT2D eigenvalue weighted by Crippen LogP contribution is 2.55. The van der Waals surface area contributed by atoms with Crippen molar-refractivity contribution < 1.29 is 14.3 Å². The Morgan fingerprint density at radius 3 is 2.84 bits per heavy atom. The highest BCUT2D eigenvalue weighted by molar-refractivity contribution is 6.08. The van der Waals surface area contributed by atoms with Crippen LogP contribution >= 0.6 is 0 Å². The summed E-state index contributed by atoms with van der Waals surface area (Å²) in [7, 11) is 3.35. The Hall–Kier alpha value is -3.68.